The number of carbonyl (C=O) groups is 1. The average Bonchev–Trinajstić information content (AvgIpc) is 3.10. The predicted octanol–water partition coefficient (Wildman–Crippen LogP) is 4.69. The molecule has 1 saturated heterocycles. The van der Waals surface area contributed by atoms with Crippen molar-refractivity contribution < 1.29 is 9.53 Å². The van der Waals surface area contributed by atoms with Crippen molar-refractivity contribution in [2.75, 3.05) is 24.6 Å². The Bertz CT molecular complexity index is 848. The number of hydrogen-bond donors (Lipinski definition) is 0. The Morgan fingerprint density at radius 3 is 2.89 bits per heavy atom. The summed E-state index contributed by atoms with van der Waals surface area (Å²) in [6, 6.07) is 0. The van der Waals surface area contributed by atoms with Gasteiger partial charge >= 0.3 is 5.97 Å². The van der Waals surface area contributed by atoms with Crippen LogP contribution in [0.4, 0.5) is 5.82 Å². The second-order valence-electron chi connectivity index (χ2n) is 8.00. The molecule has 1 aliphatic carbocycles. The minimum Gasteiger partial charge on any atom is -0.466 e. The highest BCUT2D eigenvalue weighted by Gasteiger charge is 2.30. The number of ether oxygens (including phenoxy) is 1. The molecule has 0 unspecified atom stereocenters. The standard InChI is InChI=1S/C22H31N3O2S/c1-3-5-12-18-23-20(25-13-8-9-15(14-25)22(26)27-4-2)19-16-10-6-7-11-17(16)28-21(19)24-18/h15H,3-14H2,1-2H3/t15-/m1/s1. The molecule has 28 heavy (non-hydrogen) atoms. The number of aryl methyl sites for hydroxylation is 3. The fraction of sp³-hybridized carbons (Fsp3) is 0.682. The Kier molecular flexibility index (Phi) is 6.14. The lowest BCUT2D eigenvalue weighted by Crippen LogP contribution is -2.40. The molecule has 3 heterocycles. The maximum absolute atomic E-state index is 12.3. The van der Waals surface area contributed by atoms with Gasteiger partial charge in [-0.25, -0.2) is 9.97 Å². The van der Waals surface area contributed by atoms with Gasteiger partial charge in [0.15, 0.2) is 0 Å². The highest BCUT2D eigenvalue weighted by atomic mass is 32.1. The van der Waals surface area contributed by atoms with Crippen molar-refractivity contribution >= 4 is 33.3 Å². The molecule has 0 aromatic carbocycles. The van der Waals surface area contributed by atoms with Gasteiger partial charge in [-0.2, -0.15) is 0 Å². The van der Waals surface area contributed by atoms with E-state index in [2.05, 4.69) is 11.8 Å². The molecule has 1 fully saturated rings. The molecule has 4 rings (SSSR count). The molecule has 0 spiro atoms. The smallest absolute Gasteiger partial charge is 0.310 e. The van der Waals surface area contributed by atoms with Crippen molar-refractivity contribution in [3.8, 4) is 0 Å². The normalized spacial score (nSPS) is 19.6. The van der Waals surface area contributed by atoms with E-state index >= 15 is 0 Å². The fourth-order valence-corrected chi connectivity index (χ4v) is 5.75. The molecular formula is C22H31N3O2S. The van der Waals surface area contributed by atoms with Gasteiger partial charge in [-0.1, -0.05) is 13.3 Å². The van der Waals surface area contributed by atoms with Crippen LogP contribution in [0.15, 0.2) is 0 Å². The Morgan fingerprint density at radius 1 is 1.21 bits per heavy atom. The molecule has 2 aromatic rings. The van der Waals surface area contributed by atoms with Gasteiger partial charge < -0.3 is 9.64 Å². The van der Waals surface area contributed by atoms with Crippen molar-refractivity contribution in [3.63, 3.8) is 0 Å². The maximum atomic E-state index is 12.3. The monoisotopic (exact) mass is 401 g/mol. The van der Waals surface area contributed by atoms with Crippen LogP contribution in [0.2, 0.25) is 0 Å². The number of hydrogen-bond acceptors (Lipinski definition) is 6. The van der Waals surface area contributed by atoms with Gasteiger partial charge in [-0.3, -0.25) is 4.79 Å². The largest absolute Gasteiger partial charge is 0.466 e. The third kappa shape index (κ3) is 3.88. The number of anilines is 1. The van der Waals surface area contributed by atoms with Crippen molar-refractivity contribution in [3.05, 3.63) is 16.3 Å². The first kappa shape index (κ1) is 19.6. The van der Waals surface area contributed by atoms with Gasteiger partial charge in [-0.15, -0.1) is 11.3 Å². The van der Waals surface area contributed by atoms with E-state index in [1.165, 1.54) is 35.1 Å². The van der Waals surface area contributed by atoms with Crippen molar-refractivity contribution in [2.24, 2.45) is 5.92 Å². The van der Waals surface area contributed by atoms with Crippen LogP contribution in [0.1, 0.15) is 68.6 Å². The van der Waals surface area contributed by atoms with Crippen LogP contribution in [0.3, 0.4) is 0 Å². The molecule has 6 heteroatoms. The zero-order valence-electron chi connectivity index (χ0n) is 17.1. The van der Waals surface area contributed by atoms with Crippen LogP contribution in [-0.2, 0) is 28.8 Å². The number of fused-ring (bicyclic) bond motifs is 3. The maximum Gasteiger partial charge on any atom is 0.310 e. The summed E-state index contributed by atoms with van der Waals surface area (Å²) >= 11 is 1.87. The van der Waals surface area contributed by atoms with Gasteiger partial charge in [0.05, 0.1) is 17.9 Å². The minimum absolute atomic E-state index is 0.0488. The van der Waals surface area contributed by atoms with Crippen LogP contribution < -0.4 is 4.90 Å². The number of thiophene rings is 1. The molecule has 5 nitrogen and oxygen atoms in total. The Labute approximate surface area is 171 Å². The Balaban J connectivity index is 1.73. The first-order valence-corrected chi connectivity index (χ1v) is 11.8. The summed E-state index contributed by atoms with van der Waals surface area (Å²) in [7, 11) is 0. The lowest BCUT2D eigenvalue weighted by atomic mass is 9.95. The molecule has 152 valence electrons. The summed E-state index contributed by atoms with van der Waals surface area (Å²) in [6.45, 7) is 6.21. The van der Waals surface area contributed by atoms with E-state index in [1.807, 2.05) is 18.3 Å². The van der Waals surface area contributed by atoms with Crippen molar-refractivity contribution in [2.45, 2.75) is 71.6 Å². The first-order chi connectivity index (χ1) is 13.7. The number of piperidine rings is 1. The summed E-state index contributed by atoms with van der Waals surface area (Å²) in [6.07, 6.45) is 9.94. The molecule has 2 aromatic heterocycles. The van der Waals surface area contributed by atoms with Gasteiger partial charge in [0, 0.05) is 24.4 Å². The molecule has 1 atom stereocenters. The molecule has 0 amide bonds. The van der Waals surface area contributed by atoms with E-state index in [4.69, 9.17) is 14.7 Å². The molecule has 0 bridgehead atoms. The second-order valence-corrected chi connectivity index (χ2v) is 9.08. The van der Waals surface area contributed by atoms with E-state index in [-0.39, 0.29) is 11.9 Å². The van der Waals surface area contributed by atoms with Gasteiger partial charge in [0.1, 0.15) is 16.5 Å². The summed E-state index contributed by atoms with van der Waals surface area (Å²) in [5.74, 6) is 1.93. The van der Waals surface area contributed by atoms with E-state index in [9.17, 15) is 4.79 Å². The first-order valence-electron chi connectivity index (χ1n) is 10.9. The van der Waals surface area contributed by atoms with Crippen LogP contribution >= 0.6 is 11.3 Å². The van der Waals surface area contributed by atoms with Crippen molar-refractivity contribution in [1.82, 2.24) is 9.97 Å². The van der Waals surface area contributed by atoms with Crippen LogP contribution in [0.5, 0.6) is 0 Å². The number of aromatic nitrogens is 2. The topological polar surface area (TPSA) is 55.3 Å². The van der Waals surface area contributed by atoms with Crippen molar-refractivity contribution in [1.29, 1.82) is 0 Å². The summed E-state index contributed by atoms with van der Waals surface area (Å²) in [4.78, 5) is 27.3. The zero-order chi connectivity index (χ0) is 19.5. The number of nitrogens with zero attached hydrogens (tertiary/aromatic N) is 3. The molecule has 1 aliphatic heterocycles. The van der Waals surface area contributed by atoms with Crippen LogP contribution in [0, 0.1) is 5.92 Å². The Hall–Kier alpha value is -1.69. The summed E-state index contributed by atoms with van der Waals surface area (Å²) in [5, 5.41) is 1.27. The number of carbonyl (C=O) groups excluding carboxylic acids is 1. The lowest BCUT2D eigenvalue weighted by Gasteiger charge is -2.33. The van der Waals surface area contributed by atoms with E-state index in [0.717, 1.165) is 61.5 Å². The highest BCUT2D eigenvalue weighted by molar-refractivity contribution is 7.19. The number of esters is 1. The zero-order valence-corrected chi connectivity index (χ0v) is 17.9. The van der Waals surface area contributed by atoms with Crippen LogP contribution in [0.25, 0.3) is 10.2 Å². The van der Waals surface area contributed by atoms with Crippen LogP contribution in [-0.4, -0.2) is 35.6 Å². The fourth-order valence-electron chi connectivity index (χ4n) is 4.48. The molecule has 0 saturated carbocycles. The highest BCUT2D eigenvalue weighted by Crippen LogP contribution is 2.40. The third-order valence-corrected chi connectivity index (χ3v) is 7.12. The van der Waals surface area contributed by atoms with E-state index in [0.29, 0.717) is 13.2 Å². The van der Waals surface area contributed by atoms with Gasteiger partial charge in [-0.05, 0) is 57.4 Å². The molecule has 2 aliphatic rings. The molecule has 0 N–H and O–H groups in total. The predicted molar refractivity (Wildman–Crippen MR) is 114 cm³/mol. The summed E-state index contributed by atoms with van der Waals surface area (Å²) in [5.41, 5.74) is 1.47. The molecule has 0 radical (unpaired) electrons. The van der Waals surface area contributed by atoms with E-state index < -0.39 is 0 Å². The number of unbranched alkanes of at least 4 members (excludes halogenated alkanes) is 1. The third-order valence-electron chi connectivity index (χ3n) is 5.94. The molecular weight excluding hydrogens is 370 g/mol. The Morgan fingerprint density at radius 2 is 2.07 bits per heavy atom. The summed E-state index contributed by atoms with van der Waals surface area (Å²) < 4.78 is 5.31. The van der Waals surface area contributed by atoms with E-state index in [1.54, 1.807) is 0 Å². The van der Waals surface area contributed by atoms with Gasteiger partial charge in [0.2, 0.25) is 0 Å². The average molecular weight is 402 g/mol. The number of rotatable bonds is 6. The SMILES string of the molecule is CCCCc1nc(N2CCC[C@@H](C(=O)OCC)C2)c2c3c(sc2n1)CCCC3. The van der Waals surface area contributed by atoms with Gasteiger partial charge in [0.25, 0.3) is 0 Å². The quantitative estimate of drug-likeness (QED) is 0.657. The minimum atomic E-state index is -0.0592. The lowest BCUT2D eigenvalue weighted by molar-refractivity contribution is -0.148. The second kappa shape index (κ2) is 8.76.